The van der Waals surface area contributed by atoms with E-state index in [0.717, 1.165) is 23.2 Å². The Labute approximate surface area is 125 Å². The fraction of sp³-hybridized carbons (Fsp3) is 0.294. The minimum atomic E-state index is -0.259. The van der Waals surface area contributed by atoms with Crippen LogP contribution in [0, 0.1) is 12.7 Å². The highest BCUT2D eigenvalue weighted by Gasteiger charge is 2.08. The van der Waals surface area contributed by atoms with Gasteiger partial charge in [0.15, 0.2) is 0 Å². The number of benzene rings is 1. The Kier molecular flexibility index (Phi) is 5.04. The van der Waals surface area contributed by atoms with Crippen LogP contribution in [0.15, 0.2) is 41.7 Å². The maximum atomic E-state index is 13.8. The summed E-state index contributed by atoms with van der Waals surface area (Å²) in [5.41, 5.74) is 3.68. The number of aliphatic imine (C=N–C) groups is 1. The normalized spacial score (nSPS) is 11.0. The molecule has 0 spiro atoms. The van der Waals surface area contributed by atoms with Crippen LogP contribution in [0.5, 0.6) is 0 Å². The Morgan fingerprint density at radius 1 is 1.38 bits per heavy atom. The molecule has 2 aromatic rings. The smallest absolute Gasteiger partial charge is 0.125 e. The van der Waals surface area contributed by atoms with Crippen LogP contribution in [0.3, 0.4) is 0 Å². The van der Waals surface area contributed by atoms with Crippen LogP contribution in [-0.4, -0.2) is 29.8 Å². The lowest BCUT2D eigenvalue weighted by molar-refractivity contribution is 0.552. The number of pyridine rings is 1. The molecule has 0 atom stereocenters. The summed E-state index contributed by atoms with van der Waals surface area (Å²) in [4.78, 5) is 10.4. The van der Waals surface area contributed by atoms with Crippen molar-refractivity contribution < 1.29 is 4.39 Å². The van der Waals surface area contributed by atoms with E-state index < -0.39 is 0 Å². The molecule has 0 aliphatic rings. The fourth-order valence-electron chi connectivity index (χ4n) is 2.00. The highest BCUT2D eigenvalue weighted by atomic mass is 19.1. The SMILES string of the molecule is CCN(C)C=Nc1cc(F)cc(Cc2cccnc2)c1C. The molecule has 0 saturated carbocycles. The third kappa shape index (κ3) is 4.12. The summed E-state index contributed by atoms with van der Waals surface area (Å²) >= 11 is 0. The molecule has 0 saturated heterocycles. The number of rotatable bonds is 5. The number of aromatic nitrogens is 1. The average molecular weight is 285 g/mol. The molecule has 0 radical (unpaired) electrons. The first kappa shape index (κ1) is 15.2. The molecular formula is C17H20FN3. The maximum Gasteiger partial charge on any atom is 0.125 e. The van der Waals surface area contributed by atoms with Gasteiger partial charge in [0.05, 0.1) is 12.0 Å². The van der Waals surface area contributed by atoms with E-state index in [1.54, 1.807) is 24.8 Å². The summed E-state index contributed by atoms with van der Waals surface area (Å²) in [5, 5.41) is 0. The van der Waals surface area contributed by atoms with Crippen molar-refractivity contribution in [3.05, 3.63) is 59.2 Å². The van der Waals surface area contributed by atoms with Gasteiger partial charge in [-0.3, -0.25) is 4.98 Å². The van der Waals surface area contributed by atoms with Crippen LogP contribution < -0.4 is 0 Å². The largest absolute Gasteiger partial charge is 0.366 e. The van der Waals surface area contributed by atoms with Gasteiger partial charge in [-0.2, -0.15) is 0 Å². The molecule has 0 bridgehead atoms. The van der Waals surface area contributed by atoms with E-state index in [9.17, 15) is 4.39 Å². The highest BCUT2D eigenvalue weighted by Crippen LogP contribution is 2.25. The quantitative estimate of drug-likeness (QED) is 0.618. The van der Waals surface area contributed by atoms with Crippen molar-refractivity contribution in [2.45, 2.75) is 20.3 Å². The van der Waals surface area contributed by atoms with Gasteiger partial charge in [0.1, 0.15) is 5.82 Å². The van der Waals surface area contributed by atoms with Gasteiger partial charge in [-0.05, 0) is 55.2 Å². The molecule has 1 aromatic heterocycles. The Morgan fingerprint density at radius 3 is 2.86 bits per heavy atom. The van der Waals surface area contributed by atoms with Crippen LogP contribution in [0.1, 0.15) is 23.6 Å². The third-order valence-corrected chi connectivity index (χ3v) is 3.46. The van der Waals surface area contributed by atoms with Gasteiger partial charge in [0.25, 0.3) is 0 Å². The van der Waals surface area contributed by atoms with Crippen LogP contribution in [0.2, 0.25) is 0 Å². The van der Waals surface area contributed by atoms with Crippen LogP contribution in [-0.2, 0) is 6.42 Å². The number of halogens is 1. The molecule has 21 heavy (non-hydrogen) atoms. The van der Waals surface area contributed by atoms with E-state index in [0.29, 0.717) is 12.1 Å². The van der Waals surface area contributed by atoms with Crippen molar-refractivity contribution >= 4 is 12.0 Å². The van der Waals surface area contributed by atoms with Gasteiger partial charge >= 0.3 is 0 Å². The van der Waals surface area contributed by atoms with E-state index in [2.05, 4.69) is 9.98 Å². The number of nitrogens with zero attached hydrogens (tertiary/aromatic N) is 3. The molecule has 4 heteroatoms. The molecule has 110 valence electrons. The van der Waals surface area contributed by atoms with Crippen LogP contribution in [0.25, 0.3) is 0 Å². The van der Waals surface area contributed by atoms with Gasteiger partial charge in [0, 0.05) is 26.0 Å². The highest BCUT2D eigenvalue weighted by molar-refractivity contribution is 5.64. The van der Waals surface area contributed by atoms with E-state index in [1.807, 2.05) is 37.9 Å². The molecule has 0 aliphatic heterocycles. The lowest BCUT2D eigenvalue weighted by Gasteiger charge is -2.11. The van der Waals surface area contributed by atoms with E-state index in [1.165, 1.54) is 6.07 Å². The first-order valence-electron chi connectivity index (χ1n) is 7.02. The Balaban J connectivity index is 2.30. The summed E-state index contributed by atoms with van der Waals surface area (Å²) in [5.74, 6) is -0.259. The summed E-state index contributed by atoms with van der Waals surface area (Å²) in [7, 11) is 1.94. The standard InChI is InChI=1S/C17H20FN3/c1-4-21(3)12-20-17-10-16(18)9-15(13(17)2)8-14-6-5-7-19-11-14/h5-7,9-12H,4,8H2,1-3H3. The van der Waals surface area contributed by atoms with Crippen molar-refractivity contribution in [3.63, 3.8) is 0 Å². The molecule has 0 unspecified atom stereocenters. The Morgan fingerprint density at radius 2 is 2.19 bits per heavy atom. The predicted octanol–water partition coefficient (Wildman–Crippen LogP) is 3.73. The Hall–Kier alpha value is -2.23. The maximum absolute atomic E-state index is 13.8. The minimum Gasteiger partial charge on any atom is -0.366 e. The lowest BCUT2D eigenvalue weighted by atomic mass is 10.00. The van der Waals surface area contributed by atoms with E-state index in [4.69, 9.17) is 0 Å². The second kappa shape index (κ2) is 6.97. The average Bonchev–Trinajstić information content (AvgIpc) is 2.49. The first-order valence-corrected chi connectivity index (χ1v) is 7.02. The molecule has 0 amide bonds. The first-order chi connectivity index (χ1) is 10.1. The summed E-state index contributed by atoms with van der Waals surface area (Å²) in [6.07, 6.45) is 5.93. The van der Waals surface area contributed by atoms with Gasteiger partial charge in [-0.1, -0.05) is 6.07 Å². The Bertz CT molecular complexity index is 623. The van der Waals surface area contributed by atoms with Crippen molar-refractivity contribution in [3.8, 4) is 0 Å². The molecule has 1 aromatic carbocycles. The van der Waals surface area contributed by atoms with Gasteiger partial charge < -0.3 is 4.90 Å². The topological polar surface area (TPSA) is 28.5 Å². The molecular weight excluding hydrogens is 265 g/mol. The lowest BCUT2D eigenvalue weighted by Crippen LogP contribution is -2.14. The molecule has 1 heterocycles. The van der Waals surface area contributed by atoms with Gasteiger partial charge in [-0.25, -0.2) is 9.38 Å². The van der Waals surface area contributed by atoms with Crippen molar-refractivity contribution in [2.75, 3.05) is 13.6 Å². The van der Waals surface area contributed by atoms with Crippen LogP contribution in [0.4, 0.5) is 10.1 Å². The second-order valence-electron chi connectivity index (χ2n) is 5.06. The van der Waals surface area contributed by atoms with Crippen molar-refractivity contribution in [1.82, 2.24) is 9.88 Å². The molecule has 0 N–H and O–H groups in total. The second-order valence-corrected chi connectivity index (χ2v) is 5.06. The number of hydrogen-bond acceptors (Lipinski definition) is 2. The van der Waals surface area contributed by atoms with E-state index in [-0.39, 0.29) is 5.82 Å². The summed E-state index contributed by atoms with van der Waals surface area (Å²) in [6, 6.07) is 6.93. The zero-order valence-corrected chi connectivity index (χ0v) is 12.7. The molecule has 0 fully saturated rings. The predicted molar refractivity (Wildman–Crippen MR) is 84.6 cm³/mol. The van der Waals surface area contributed by atoms with Gasteiger partial charge in [-0.15, -0.1) is 0 Å². The summed E-state index contributed by atoms with van der Waals surface area (Å²) in [6.45, 7) is 4.88. The summed E-state index contributed by atoms with van der Waals surface area (Å²) < 4.78 is 13.8. The van der Waals surface area contributed by atoms with Crippen molar-refractivity contribution in [1.29, 1.82) is 0 Å². The fourth-order valence-corrected chi connectivity index (χ4v) is 2.00. The van der Waals surface area contributed by atoms with Crippen LogP contribution >= 0.6 is 0 Å². The third-order valence-electron chi connectivity index (χ3n) is 3.46. The van der Waals surface area contributed by atoms with Crippen molar-refractivity contribution in [2.24, 2.45) is 4.99 Å². The zero-order valence-electron chi connectivity index (χ0n) is 12.7. The molecule has 0 aliphatic carbocycles. The number of hydrogen-bond donors (Lipinski definition) is 0. The van der Waals surface area contributed by atoms with Gasteiger partial charge in [0.2, 0.25) is 0 Å². The monoisotopic (exact) mass is 285 g/mol. The minimum absolute atomic E-state index is 0.259. The van der Waals surface area contributed by atoms with E-state index >= 15 is 0 Å². The molecule has 2 rings (SSSR count). The zero-order chi connectivity index (χ0) is 15.2. The molecule has 3 nitrogen and oxygen atoms in total.